The van der Waals surface area contributed by atoms with Crippen molar-refractivity contribution in [1.29, 1.82) is 0 Å². The predicted octanol–water partition coefficient (Wildman–Crippen LogP) is 5.82. The first-order valence-electron chi connectivity index (χ1n) is 9.06. The third-order valence-corrected chi connectivity index (χ3v) is 5.41. The minimum absolute atomic E-state index is 0.539. The van der Waals surface area contributed by atoms with Gasteiger partial charge in [-0.1, -0.05) is 45.0 Å². The topological polar surface area (TPSA) is 27.8 Å². The van der Waals surface area contributed by atoms with Gasteiger partial charge in [-0.3, -0.25) is 0 Å². The lowest BCUT2D eigenvalue weighted by Gasteiger charge is -2.18. The Labute approximate surface area is 144 Å². The fourth-order valence-corrected chi connectivity index (χ4v) is 3.88. The second-order valence-corrected chi connectivity index (χ2v) is 7.58. The Morgan fingerprint density at radius 3 is 2.67 bits per heavy atom. The Morgan fingerprint density at radius 2 is 1.83 bits per heavy atom. The SMILES string of the molecule is CC(C)c1ccc2c(c1)NC(CC(C)c1ccc3cc[nH]c3c1)C2. The first-order valence-corrected chi connectivity index (χ1v) is 9.06. The van der Waals surface area contributed by atoms with Crippen LogP contribution in [0, 0.1) is 0 Å². The van der Waals surface area contributed by atoms with E-state index in [2.05, 4.69) is 73.5 Å². The maximum Gasteiger partial charge on any atom is 0.0456 e. The Balaban J connectivity index is 1.47. The zero-order chi connectivity index (χ0) is 16.7. The number of aromatic nitrogens is 1. The molecule has 124 valence electrons. The summed E-state index contributed by atoms with van der Waals surface area (Å²) < 4.78 is 0. The van der Waals surface area contributed by atoms with Crippen LogP contribution < -0.4 is 5.32 Å². The summed E-state index contributed by atoms with van der Waals surface area (Å²) >= 11 is 0. The molecule has 0 amide bonds. The summed E-state index contributed by atoms with van der Waals surface area (Å²) in [6.07, 6.45) is 4.32. The quantitative estimate of drug-likeness (QED) is 0.623. The molecule has 0 bridgehead atoms. The van der Waals surface area contributed by atoms with Crippen molar-refractivity contribution < 1.29 is 0 Å². The van der Waals surface area contributed by atoms with E-state index in [1.807, 2.05) is 6.20 Å². The minimum Gasteiger partial charge on any atom is -0.382 e. The summed E-state index contributed by atoms with van der Waals surface area (Å²) in [7, 11) is 0. The Morgan fingerprint density at radius 1 is 1.00 bits per heavy atom. The van der Waals surface area contributed by atoms with Crippen LogP contribution in [0.25, 0.3) is 10.9 Å². The van der Waals surface area contributed by atoms with Gasteiger partial charge in [-0.25, -0.2) is 0 Å². The van der Waals surface area contributed by atoms with Crippen LogP contribution in [0.15, 0.2) is 48.7 Å². The van der Waals surface area contributed by atoms with Gasteiger partial charge in [0.2, 0.25) is 0 Å². The lowest BCUT2D eigenvalue weighted by Crippen LogP contribution is -2.18. The van der Waals surface area contributed by atoms with Crippen molar-refractivity contribution in [3.63, 3.8) is 0 Å². The number of benzene rings is 2. The summed E-state index contributed by atoms with van der Waals surface area (Å²) in [4.78, 5) is 3.32. The molecule has 2 atom stereocenters. The molecule has 2 nitrogen and oxygen atoms in total. The van der Waals surface area contributed by atoms with Gasteiger partial charge in [-0.2, -0.15) is 0 Å². The molecule has 4 rings (SSSR count). The van der Waals surface area contributed by atoms with E-state index in [0.717, 1.165) is 12.8 Å². The van der Waals surface area contributed by atoms with Gasteiger partial charge >= 0.3 is 0 Å². The number of fused-ring (bicyclic) bond motifs is 2. The van der Waals surface area contributed by atoms with Crippen LogP contribution in [0.2, 0.25) is 0 Å². The van der Waals surface area contributed by atoms with E-state index < -0.39 is 0 Å². The van der Waals surface area contributed by atoms with Crippen molar-refractivity contribution in [2.45, 2.75) is 51.5 Å². The number of hydrogen-bond donors (Lipinski definition) is 2. The molecule has 0 saturated carbocycles. The molecule has 2 aromatic carbocycles. The van der Waals surface area contributed by atoms with Crippen LogP contribution in [0.4, 0.5) is 5.69 Å². The van der Waals surface area contributed by atoms with Crippen LogP contribution in [0.5, 0.6) is 0 Å². The molecule has 2 heterocycles. The van der Waals surface area contributed by atoms with E-state index >= 15 is 0 Å². The predicted molar refractivity (Wildman–Crippen MR) is 103 cm³/mol. The van der Waals surface area contributed by atoms with E-state index in [-0.39, 0.29) is 0 Å². The Bertz CT molecular complexity index is 859. The van der Waals surface area contributed by atoms with Crippen LogP contribution in [-0.4, -0.2) is 11.0 Å². The van der Waals surface area contributed by atoms with Crippen molar-refractivity contribution in [3.05, 3.63) is 65.4 Å². The van der Waals surface area contributed by atoms with Gasteiger partial charge in [-0.15, -0.1) is 0 Å². The number of rotatable bonds is 4. The summed E-state index contributed by atoms with van der Waals surface area (Å²) in [5.41, 5.74) is 6.90. The number of H-pyrrole nitrogens is 1. The standard InChI is InChI=1S/C22H26N2/c1-14(2)17-5-7-19-11-20(24-22(19)12-17)10-15(3)18-6-4-16-8-9-23-21(16)13-18/h4-9,12-15,20,23-24H,10-11H2,1-3H3. The first-order chi connectivity index (χ1) is 11.6. The van der Waals surface area contributed by atoms with Crippen molar-refractivity contribution in [2.24, 2.45) is 0 Å². The van der Waals surface area contributed by atoms with Crippen molar-refractivity contribution in [3.8, 4) is 0 Å². The van der Waals surface area contributed by atoms with E-state index in [4.69, 9.17) is 0 Å². The third kappa shape index (κ3) is 2.82. The maximum atomic E-state index is 3.75. The molecule has 0 fully saturated rings. The number of hydrogen-bond acceptors (Lipinski definition) is 1. The van der Waals surface area contributed by atoms with E-state index in [0.29, 0.717) is 17.9 Å². The smallest absolute Gasteiger partial charge is 0.0456 e. The summed E-state index contributed by atoms with van der Waals surface area (Å²) in [6, 6.07) is 16.4. The van der Waals surface area contributed by atoms with Gasteiger partial charge in [-0.05, 0) is 65.0 Å². The molecule has 3 aromatic rings. The highest BCUT2D eigenvalue weighted by molar-refractivity contribution is 5.80. The number of anilines is 1. The average molecular weight is 318 g/mol. The van der Waals surface area contributed by atoms with Gasteiger partial charge in [0, 0.05) is 23.4 Å². The molecule has 1 aliphatic heterocycles. The van der Waals surface area contributed by atoms with Crippen LogP contribution in [0.3, 0.4) is 0 Å². The fraction of sp³-hybridized carbons (Fsp3) is 0.364. The summed E-state index contributed by atoms with van der Waals surface area (Å²) in [5, 5.41) is 5.05. The highest BCUT2D eigenvalue weighted by Crippen LogP contribution is 2.33. The molecule has 2 N–H and O–H groups in total. The molecule has 2 unspecified atom stereocenters. The second-order valence-electron chi connectivity index (χ2n) is 7.58. The van der Waals surface area contributed by atoms with Gasteiger partial charge in [0.1, 0.15) is 0 Å². The second kappa shape index (κ2) is 6.01. The zero-order valence-electron chi connectivity index (χ0n) is 14.8. The monoisotopic (exact) mass is 318 g/mol. The number of nitrogens with one attached hydrogen (secondary N) is 2. The van der Waals surface area contributed by atoms with E-state index in [1.165, 1.54) is 33.3 Å². The van der Waals surface area contributed by atoms with Crippen molar-refractivity contribution in [1.82, 2.24) is 4.98 Å². The molecule has 0 aliphatic carbocycles. The van der Waals surface area contributed by atoms with Crippen LogP contribution in [-0.2, 0) is 6.42 Å². The number of aromatic amines is 1. The van der Waals surface area contributed by atoms with Gasteiger partial charge in [0.15, 0.2) is 0 Å². The largest absolute Gasteiger partial charge is 0.382 e. The third-order valence-electron chi connectivity index (χ3n) is 5.41. The van der Waals surface area contributed by atoms with E-state index in [1.54, 1.807) is 0 Å². The van der Waals surface area contributed by atoms with Gasteiger partial charge < -0.3 is 10.3 Å². The summed E-state index contributed by atoms with van der Waals surface area (Å²) in [5.74, 6) is 1.14. The molecule has 24 heavy (non-hydrogen) atoms. The van der Waals surface area contributed by atoms with Gasteiger partial charge in [0.25, 0.3) is 0 Å². The first kappa shape index (κ1) is 15.3. The van der Waals surface area contributed by atoms with Gasteiger partial charge in [0.05, 0.1) is 0 Å². The van der Waals surface area contributed by atoms with Crippen LogP contribution in [0.1, 0.15) is 55.7 Å². The minimum atomic E-state index is 0.539. The highest BCUT2D eigenvalue weighted by atomic mass is 14.9. The molecule has 0 saturated heterocycles. The Kier molecular flexibility index (Phi) is 3.84. The van der Waals surface area contributed by atoms with Crippen molar-refractivity contribution in [2.75, 3.05) is 5.32 Å². The summed E-state index contributed by atoms with van der Waals surface area (Å²) in [6.45, 7) is 6.86. The average Bonchev–Trinajstić information content (AvgIpc) is 3.18. The molecule has 0 spiro atoms. The molecule has 0 radical (unpaired) electrons. The molecule has 1 aromatic heterocycles. The normalized spacial score (nSPS) is 17.9. The molecule has 2 heteroatoms. The van der Waals surface area contributed by atoms with E-state index in [9.17, 15) is 0 Å². The molecular weight excluding hydrogens is 292 g/mol. The molecule has 1 aliphatic rings. The lowest BCUT2D eigenvalue weighted by molar-refractivity contribution is 0.594. The maximum absolute atomic E-state index is 3.75. The lowest BCUT2D eigenvalue weighted by atomic mass is 9.92. The highest BCUT2D eigenvalue weighted by Gasteiger charge is 2.23. The molecular formula is C22H26N2. The Hall–Kier alpha value is -2.22. The fourth-order valence-electron chi connectivity index (χ4n) is 3.88. The zero-order valence-corrected chi connectivity index (χ0v) is 14.8. The van der Waals surface area contributed by atoms with Crippen LogP contribution >= 0.6 is 0 Å². The van der Waals surface area contributed by atoms with Crippen molar-refractivity contribution >= 4 is 16.6 Å².